The van der Waals surface area contributed by atoms with Gasteiger partial charge in [-0.2, -0.15) is 0 Å². The molecule has 3 N–H and O–H groups in total. The molecular formula is C19H28N3O5+. The van der Waals surface area contributed by atoms with Crippen molar-refractivity contribution in [2.45, 2.75) is 39.5 Å². The highest BCUT2D eigenvalue weighted by molar-refractivity contribution is 5.98. The first kappa shape index (κ1) is 20.9. The number of ether oxygens (including phenoxy) is 2. The maximum Gasteiger partial charge on any atom is 0.338 e. The summed E-state index contributed by atoms with van der Waals surface area (Å²) in [6.07, 6.45) is -1.08. The summed E-state index contributed by atoms with van der Waals surface area (Å²) < 4.78 is 10.5. The number of benzene rings is 1. The largest absolute Gasteiger partial charge is 0.449 e. The van der Waals surface area contributed by atoms with Crippen LogP contribution in [-0.2, 0) is 20.8 Å². The number of esters is 1. The number of imide groups is 1. The molecule has 0 unspecified atom stereocenters. The molecule has 3 amide bonds. The van der Waals surface area contributed by atoms with E-state index in [9.17, 15) is 14.4 Å². The van der Waals surface area contributed by atoms with Gasteiger partial charge in [0, 0.05) is 11.6 Å². The van der Waals surface area contributed by atoms with E-state index in [-0.39, 0.29) is 6.04 Å². The Morgan fingerprint density at radius 3 is 2.33 bits per heavy atom. The van der Waals surface area contributed by atoms with Crippen LogP contribution in [0, 0.1) is 0 Å². The molecule has 1 fully saturated rings. The zero-order valence-corrected chi connectivity index (χ0v) is 16.0. The van der Waals surface area contributed by atoms with Gasteiger partial charge < -0.3 is 19.7 Å². The first-order chi connectivity index (χ1) is 12.8. The molecule has 1 aromatic carbocycles. The molecular weight excluding hydrogens is 350 g/mol. The van der Waals surface area contributed by atoms with Gasteiger partial charge in [0.1, 0.15) is 19.6 Å². The summed E-state index contributed by atoms with van der Waals surface area (Å²) in [5.41, 5.74) is 1.49. The van der Waals surface area contributed by atoms with Crippen molar-refractivity contribution in [2.75, 3.05) is 26.3 Å². The van der Waals surface area contributed by atoms with E-state index in [4.69, 9.17) is 9.47 Å². The van der Waals surface area contributed by atoms with Gasteiger partial charge in [-0.05, 0) is 32.9 Å². The second-order valence-electron chi connectivity index (χ2n) is 6.90. The smallest absolute Gasteiger partial charge is 0.338 e. The summed E-state index contributed by atoms with van der Waals surface area (Å²) >= 11 is 0. The van der Waals surface area contributed by atoms with Crippen LogP contribution in [0.3, 0.4) is 0 Å². The van der Waals surface area contributed by atoms with E-state index in [1.165, 1.54) is 11.8 Å². The molecule has 0 aliphatic carbocycles. The molecule has 27 heavy (non-hydrogen) atoms. The number of quaternary nitrogens is 1. The molecule has 8 heteroatoms. The Kier molecular flexibility index (Phi) is 7.75. The Hall–Kier alpha value is -2.45. The second kappa shape index (κ2) is 10.0. The number of nitrogens with one attached hydrogen (secondary N) is 3. The first-order valence-electron chi connectivity index (χ1n) is 9.17. The van der Waals surface area contributed by atoms with E-state index in [0.29, 0.717) is 5.56 Å². The molecule has 0 spiro atoms. The molecule has 1 heterocycles. The lowest BCUT2D eigenvalue weighted by Gasteiger charge is -2.23. The van der Waals surface area contributed by atoms with Crippen molar-refractivity contribution in [2.24, 2.45) is 0 Å². The molecule has 1 atom stereocenters. The number of urea groups is 1. The molecule has 0 saturated carbocycles. The topological polar surface area (TPSA) is 98.2 Å². The van der Waals surface area contributed by atoms with Crippen molar-refractivity contribution in [1.82, 2.24) is 10.6 Å². The maximum atomic E-state index is 12.2. The highest BCUT2D eigenvalue weighted by Gasteiger charge is 2.21. The fourth-order valence-corrected chi connectivity index (χ4v) is 2.68. The number of carbonyl (C=O) groups is 3. The quantitative estimate of drug-likeness (QED) is 0.600. The van der Waals surface area contributed by atoms with Crippen LogP contribution in [0.25, 0.3) is 0 Å². The highest BCUT2D eigenvalue weighted by Crippen LogP contribution is 2.07. The van der Waals surface area contributed by atoms with Crippen LogP contribution < -0.4 is 15.5 Å². The number of amides is 3. The minimum atomic E-state index is -1.08. The minimum absolute atomic E-state index is 0.103. The Morgan fingerprint density at radius 1 is 1.11 bits per heavy atom. The fraction of sp³-hybridized carbons (Fsp3) is 0.526. The third-order valence-corrected chi connectivity index (χ3v) is 4.15. The molecule has 8 nitrogen and oxygen atoms in total. The lowest BCUT2D eigenvalue weighted by atomic mass is 10.1. The van der Waals surface area contributed by atoms with Gasteiger partial charge in [0.25, 0.3) is 5.91 Å². The molecule has 1 aromatic rings. The Bertz CT molecular complexity index is 654. The van der Waals surface area contributed by atoms with Crippen LogP contribution in [0.15, 0.2) is 24.3 Å². The zero-order chi connectivity index (χ0) is 19.8. The summed E-state index contributed by atoms with van der Waals surface area (Å²) in [6.45, 7) is 9.34. The Morgan fingerprint density at radius 2 is 1.74 bits per heavy atom. The van der Waals surface area contributed by atoms with Gasteiger partial charge in [-0.3, -0.25) is 10.1 Å². The van der Waals surface area contributed by atoms with Crippen LogP contribution in [-0.4, -0.2) is 56.4 Å². The zero-order valence-electron chi connectivity index (χ0n) is 16.0. The van der Waals surface area contributed by atoms with Gasteiger partial charge in [-0.15, -0.1) is 0 Å². The lowest BCUT2D eigenvalue weighted by molar-refractivity contribution is -0.921. The summed E-state index contributed by atoms with van der Waals surface area (Å²) in [7, 11) is 0. The van der Waals surface area contributed by atoms with Gasteiger partial charge in [0.2, 0.25) is 0 Å². The van der Waals surface area contributed by atoms with Crippen LogP contribution in [0.5, 0.6) is 0 Å². The first-order valence-corrected chi connectivity index (χ1v) is 9.17. The minimum Gasteiger partial charge on any atom is -0.449 e. The molecule has 2 rings (SSSR count). The van der Waals surface area contributed by atoms with Gasteiger partial charge in [0.05, 0.1) is 18.8 Å². The standard InChI is InChI=1S/C19H27N3O5/c1-13(2)20-19(25)21-17(23)14(3)27-18(24)16-6-4-15(5-7-16)12-22-8-10-26-11-9-22/h4-7,13-14H,8-12H2,1-3H3,(H2,20,21,23,25)/p+1/t14-/m1/s1. The summed E-state index contributed by atoms with van der Waals surface area (Å²) in [4.78, 5) is 37.1. The van der Waals surface area contributed by atoms with Crippen LogP contribution in [0.2, 0.25) is 0 Å². The van der Waals surface area contributed by atoms with Gasteiger partial charge in [-0.1, -0.05) is 12.1 Å². The third kappa shape index (κ3) is 6.99. The van der Waals surface area contributed by atoms with Gasteiger partial charge in [-0.25, -0.2) is 9.59 Å². The van der Waals surface area contributed by atoms with Crippen molar-refractivity contribution in [3.63, 3.8) is 0 Å². The molecule has 0 bridgehead atoms. The van der Waals surface area contributed by atoms with Gasteiger partial charge >= 0.3 is 12.0 Å². The summed E-state index contributed by atoms with van der Waals surface area (Å²) in [6, 6.07) is 6.43. The number of carbonyl (C=O) groups excluding carboxylic acids is 3. The Balaban J connectivity index is 1.83. The number of rotatable bonds is 6. The molecule has 0 aromatic heterocycles. The van der Waals surface area contributed by atoms with Crippen LogP contribution >= 0.6 is 0 Å². The monoisotopic (exact) mass is 378 g/mol. The predicted octanol–water partition coefficient (Wildman–Crippen LogP) is -0.119. The van der Waals surface area contributed by atoms with Crippen molar-refractivity contribution in [1.29, 1.82) is 0 Å². The van der Waals surface area contributed by atoms with E-state index in [1.54, 1.807) is 26.0 Å². The average Bonchev–Trinajstić information content (AvgIpc) is 2.62. The number of hydrogen-bond acceptors (Lipinski definition) is 5. The van der Waals surface area contributed by atoms with E-state index in [1.807, 2.05) is 12.1 Å². The maximum absolute atomic E-state index is 12.2. The lowest BCUT2D eigenvalue weighted by Crippen LogP contribution is -3.12. The fourth-order valence-electron chi connectivity index (χ4n) is 2.68. The molecule has 1 aliphatic rings. The SMILES string of the molecule is CC(C)NC(=O)NC(=O)[C@@H](C)OC(=O)c1ccc(C[NH+]2CCOCC2)cc1. The summed E-state index contributed by atoms with van der Waals surface area (Å²) in [5, 5.41) is 4.68. The number of hydrogen-bond donors (Lipinski definition) is 3. The Labute approximate surface area is 159 Å². The van der Waals surface area contributed by atoms with Crippen molar-refractivity contribution in [3.05, 3.63) is 35.4 Å². The highest BCUT2D eigenvalue weighted by atomic mass is 16.5. The van der Waals surface area contributed by atoms with Crippen molar-refractivity contribution >= 4 is 17.9 Å². The van der Waals surface area contributed by atoms with E-state index >= 15 is 0 Å². The van der Waals surface area contributed by atoms with Crippen LogP contribution in [0.1, 0.15) is 36.7 Å². The van der Waals surface area contributed by atoms with E-state index < -0.39 is 24.0 Å². The van der Waals surface area contributed by atoms with Crippen LogP contribution in [0.4, 0.5) is 4.79 Å². The second-order valence-corrected chi connectivity index (χ2v) is 6.90. The molecule has 1 aliphatic heterocycles. The van der Waals surface area contributed by atoms with Crippen molar-refractivity contribution in [3.8, 4) is 0 Å². The third-order valence-electron chi connectivity index (χ3n) is 4.15. The van der Waals surface area contributed by atoms with Crippen molar-refractivity contribution < 1.29 is 28.8 Å². The number of morpholine rings is 1. The average molecular weight is 378 g/mol. The molecule has 148 valence electrons. The van der Waals surface area contributed by atoms with E-state index in [2.05, 4.69) is 10.6 Å². The molecule has 0 radical (unpaired) electrons. The predicted molar refractivity (Wildman–Crippen MR) is 98.3 cm³/mol. The molecule has 1 saturated heterocycles. The van der Waals surface area contributed by atoms with E-state index in [0.717, 1.165) is 38.4 Å². The normalized spacial score (nSPS) is 15.9. The van der Waals surface area contributed by atoms with Gasteiger partial charge in [0.15, 0.2) is 6.10 Å². The summed E-state index contributed by atoms with van der Waals surface area (Å²) in [5.74, 6) is -1.28.